The van der Waals surface area contributed by atoms with Crippen LogP contribution in [0.1, 0.15) is 57.6 Å². The third kappa shape index (κ3) is 8.95. The Kier molecular flexibility index (Phi) is 9.51. The van der Waals surface area contributed by atoms with Crippen molar-refractivity contribution in [3.63, 3.8) is 0 Å². The number of alkyl carbamates (subject to hydrolysis) is 1. The molecule has 2 amide bonds. The van der Waals surface area contributed by atoms with E-state index in [-0.39, 0.29) is 23.0 Å². The Labute approximate surface area is 215 Å². The standard InChI is InChI=1S/C29H41N3O4/c1-29(2,3)36-28(35)30-25(19-22-13-7-5-8-14-22)26(33)21-32(4,20-23-15-9-6-10-16-23)31-27(34)24-17-11-12-18-24/h5-10,13-16,24-26,33H,11-12,17-21H2,1-4H3,(H-,30,31,34,35)/p+1/t25-,26-,32?/m0/s1. The van der Waals surface area contributed by atoms with Gasteiger partial charge >= 0.3 is 6.09 Å². The van der Waals surface area contributed by atoms with E-state index in [0.29, 0.717) is 13.0 Å². The van der Waals surface area contributed by atoms with Crippen molar-refractivity contribution >= 4 is 12.0 Å². The highest BCUT2D eigenvalue weighted by Gasteiger charge is 2.36. The van der Waals surface area contributed by atoms with Crippen LogP contribution in [-0.4, -0.2) is 53.0 Å². The smallest absolute Gasteiger partial charge is 0.407 e. The van der Waals surface area contributed by atoms with Crippen LogP contribution in [-0.2, 0) is 22.5 Å². The highest BCUT2D eigenvalue weighted by molar-refractivity contribution is 5.77. The van der Waals surface area contributed by atoms with Crippen LogP contribution in [0.3, 0.4) is 0 Å². The van der Waals surface area contributed by atoms with Gasteiger partial charge in [-0.05, 0) is 45.6 Å². The number of hydrogen-bond acceptors (Lipinski definition) is 4. The molecule has 0 spiro atoms. The maximum atomic E-state index is 13.1. The maximum Gasteiger partial charge on any atom is 0.407 e. The lowest BCUT2D eigenvalue weighted by atomic mass is 10.0. The van der Waals surface area contributed by atoms with E-state index in [1.54, 1.807) is 0 Å². The largest absolute Gasteiger partial charge is 0.444 e. The summed E-state index contributed by atoms with van der Waals surface area (Å²) in [5.41, 5.74) is 4.61. The minimum atomic E-state index is -0.935. The molecule has 3 rings (SSSR count). The molecule has 7 nitrogen and oxygen atoms in total. The van der Waals surface area contributed by atoms with Crippen LogP contribution < -0.4 is 10.7 Å². The van der Waals surface area contributed by atoms with Crippen molar-refractivity contribution in [2.75, 3.05) is 13.6 Å². The van der Waals surface area contributed by atoms with Crippen LogP contribution in [0.15, 0.2) is 60.7 Å². The first-order valence-electron chi connectivity index (χ1n) is 13.0. The fourth-order valence-corrected chi connectivity index (χ4v) is 4.83. The Morgan fingerprint density at radius 3 is 2.11 bits per heavy atom. The zero-order valence-corrected chi connectivity index (χ0v) is 22.1. The lowest BCUT2D eigenvalue weighted by Gasteiger charge is -2.38. The Balaban J connectivity index is 1.81. The fraction of sp³-hybridized carbons (Fsp3) is 0.517. The van der Waals surface area contributed by atoms with E-state index in [1.807, 2.05) is 88.5 Å². The summed E-state index contributed by atoms with van der Waals surface area (Å²) >= 11 is 0. The van der Waals surface area contributed by atoms with Gasteiger partial charge in [-0.25, -0.2) is 14.8 Å². The molecule has 2 aromatic carbocycles. The zero-order valence-electron chi connectivity index (χ0n) is 22.1. The van der Waals surface area contributed by atoms with Crippen molar-refractivity contribution < 1.29 is 24.0 Å². The predicted octanol–water partition coefficient (Wildman–Crippen LogP) is 4.35. The SMILES string of the molecule is CC(C)(C)OC(=O)N[C@@H](Cc1ccccc1)[C@@H](O)C[N+](C)(Cc1ccccc1)NC(=O)C1CCCC1. The summed E-state index contributed by atoms with van der Waals surface area (Å²) in [6.45, 7) is 6.16. The number of ether oxygens (including phenoxy) is 1. The third-order valence-corrected chi connectivity index (χ3v) is 6.54. The van der Waals surface area contributed by atoms with Gasteiger partial charge in [-0.1, -0.05) is 73.5 Å². The number of rotatable bonds is 10. The van der Waals surface area contributed by atoms with Gasteiger partial charge in [0.05, 0.1) is 13.1 Å². The van der Waals surface area contributed by atoms with Crippen molar-refractivity contribution in [2.24, 2.45) is 5.92 Å². The number of aliphatic hydroxyl groups excluding tert-OH is 1. The number of amides is 2. The first-order chi connectivity index (χ1) is 17.0. The lowest BCUT2D eigenvalue weighted by molar-refractivity contribution is -0.959. The average Bonchev–Trinajstić information content (AvgIpc) is 3.34. The molecule has 1 aliphatic carbocycles. The van der Waals surface area contributed by atoms with E-state index < -0.39 is 23.8 Å². The normalized spacial score (nSPS) is 17.6. The molecular formula is C29H42N3O4+. The number of nitrogens with one attached hydrogen (secondary N) is 2. The second-order valence-corrected chi connectivity index (χ2v) is 11.2. The molecule has 0 radical (unpaired) electrons. The summed E-state index contributed by atoms with van der Waals surface area (Å²) in [7, 11) is 1.93. The monoisotopic (exact) mass is 496 g/mol. The van der Waals surface area contributed by atoms with Crippen LogP contribution in [0, 0.1) is 5.92 Å². The highest BCUT2D eigenvalue weighted by atomic mass is 16.6. The Bertz CT molecular complexity index is 971. The molecule has 36 heavy (non-hydrogen) atoms. The van der Waals surface area contributed by atoms with Gasteiger partial charge in [0, 0.05) is 11.5 Å². The average molecular weight is 497 g/mol. The summed E-state index contributed by atoms with van der Waals surface area (Å²) in [5.74, 6) is 0.0354. The molecule has 1 aliphatic rings. The van der Waals surface area contributed by atoms with Crippen LogP contribution in [0.25, 0.3) is 0 Å². The Hall–Kier alpha value is -2.90. The number of nitrogens with zero attached hydrogens (tertiary/aromatic N) is 1. The Morgan fingerprint density at radius 2 is 1.56 bits per heavy atom. The van der Waals surface area contributed by atoms with Gasteiger partial charge in [-0.2, -0.15) is 0 Å². The highest BCUT2D eigenvalue weighted by Crippen LogP contribution is 2.25. The second kappa shape index (κ2) is 12.4. The van der Waals surface area contributed by atoms with Gasteiger partial charge in [0.2, 0.25) is 0 Å². The lowest BCUT2D eigenvalue weighted by Crippen LogP contribution is -2.63. The summed E-state index contributed by atoms with van der Waals surface area (Å²) < 4.78 is 5.60. The quantitative estimate of drug-likeness (QED) is 0.337. The van der Waals surface area contributed by atoms with Gasteiger partial charge in [0.15, 0.2) is 0 Å². The van der Waals surface area contributed by atoms with Gasteiger partial charge in [-0.15, -0.1) is 0 Å². The summed E-state index contributed by atoms with van der Waals surface area (Å²) in [6.07, 6.45) is 2.87. The molecule has 1 saturated carbocycles. The number of likely N-dealkylation sites (N-methyl/N-ethyl adjacent to an activating group) is 1. The second-order valence-electron chi connectivity index (χ2n) is 11.2. The molecule has 7 heteroatoms. The molecule has 1 fully saturated rings. The molecule has 2 aromatic rings. The predicted molar refractivity (Wildman–Crippen MR) is 141 cm³/mol. The summed E-state index contributed by atoms with van der Waals surface area (Å²) in [6, 6.07) is 19.1. The summed E-state index contributed by atoms with van der Waals surface area (Å²) in [4.78, 5) is 25.8. The van der Waals surface area contributed by atoms with Crippen LogP contribution in [0.4, 0.5) is 4.79 Å². The van der Waals surface area contributed by atoms with E-state index in [2.05, 4.69) is 10.7 Å². The molecule has 0 aliphatic heterocycles. The van der Waals surface area contributed by atoms with E-state index in [9.17, 15) is 14.7 Å². The first kappa shape index (κ1) is 27.7. The van der Waals surface area contributed by atoms with Crippen molar-refractivity contribution in [1.82, 2.24) is 10.7 Å². The molecule has 3 N–H and O–H groups in total. The number of aliphatic hydroxyl groups is 1. The van der Waals surface area contributed by atoms with Crippen molar-refractivity contribution in [3.05, 3.63) is 71.8 Å². The van der Waals surface area contributed by atoms with Gasteiger partial charge < -0.3 is 15.2 Å². The number of carbonyl (C=O) groups is 2. The molecule has 0 heterocycles. The minimum Gasteiger partial charge on any atom is -0.444 e. The van der Waals surface area contributed by atoms with Gasteiger partial charge in [-0.3, -0.25) is 4.79 Å². The first-order valence-corrected chi connectivity index (χ1v) is 13.0. The molecular weight excluding hydrogens is 454 g/mol. The van der Waals surface area contributed by atoms with Crippen LogP contribution >= 0.6 is 0 Å². The van der Waals surface area contributed by atoms with Gasteiger partial charge in [0.1, 0.15) is 24.8 Å². The molecule has 0 bridgehead atoms. The van der Waals surface area contributed by atoms with E-state index >= 15 is 0 Å². The van der Waals surface area contributed by atoms with E-state index in [0.717, 1.165) is 36.8 Å². The topological polar surface area (TPSA) is 87.7 Å². The van der Waals surface area contributed by atoms with Crippen LogP contribution in [0.5, 0.6) is 0 Å². The molecule has 1 unspecified atom stereocenters. The van der Waals surface area contributed by atoms with Crippen molar-refractivity contribution in [1.29, 1.82) is 0 Å². The van der Waals surface area contributed by atoms with E-state index in [4.69, 9.17) is 4.74 Å². The molecule has 196 valence electrons. The summed E-state index contributed by atoms with van der Waals surface area (Å²) in [5, 5.41) is 14.4. The third-order valence-electron chi connectivity index (χ3n) is 6.54. The van der Waals surface area contributed by atoms with Gasteiger partial charge in [0.25, 0.3) is 5.91 Å². The molecule has 0 aromatic heterocycles. The van der Waals surface area contributed by atoms with Crippen molar-refractivity contribution in [3.8, 4) is 0 Å². The number of quaternary nitrogens is 1. The van der Waals surface area contributed by atoms with Crippen molar-refractivity contribution in [2.45, 2.75) is 77.2 Å². The number of carbonyl (C=O) groups excluding carboxylic acids is 2. The number of benzene rings is 2. The fourth-order valence-electron chi connectivity index (χ4n) is 4.83. The zero-order chi connectivity index (χ0) is 26.2. The molecule has 0 saturated heterocycles. The number of hydrogen-bond donors (Lipinski definition) is 3. The van der Waals surface area contributed by atoms with Crippen LogP contribution in [0.2, 0.25) is 0 Å². The van der Waals surface area contributed by atoms with E-state index in [1.165, 1.54) is 0 Å². The minimum absolute atomic E-state index is 0.00960. The Morgan fingerprint density at radius 1 is 1.00 bits per heavy atom. The molecule has 3 atom stereocenters. The maximum absolute atomic E-state index is 13.1.